The van der Waals surface area contributed by atoms with E-state index in [0.29, 0.717) is 0 Å². The molecule has 0 radical (unpaired) electrons. The zero-order chi connectivity index (χ0) is 33.8. The maximum Gasteiger partial charge on any atom is 0.436 e. The molecule has 1 aliphatic heterocycles. The largest absolute Gasteiger partial charge is 0.472 e. The SMILES string of the molecule is Fc1c2nc(c(F)c1C(F)(C(F)(F)F)C(F)(F)F)OCCOc1nc(c(F)c(C(F)(C(F)(F)F)C(F)(F)F)c1F)OCCO2. The second kappa shape index (κ2) is 11.0. The summed E-state index contributed by atoms with van der Waals surface area (Å²) in [6, 6.07) is 0. The van der Waals surface area contributed by atoms with Crippen molar-refractivity contribution in [2.45, 2.75) is 36.0 Å². The molecule has 3 rings (SSSR count). The van der Waals surface area contributed by atoms with Crippen LogP contribution in [-0.4, -0.2) is 61.1 Å². The van der Waals surface area contributed by atoms with Crippen LogP contribution in [-0.2, 0) is 11.3 Å². The van der Waals surface area contributed by atoms with Crippen molar-refractivity contribution in [3.63, 3.8) is 0 Å². The second-order valence-corrected chi connectivity index (χ2v) is 8.15. The Morgan fingerprint density at radius 3 is 0.705 bits per heavy atom. The van der Waals surface area contributed by atoms with Gasteiger partial charge in [-0.05, 0) is 0 Å². The Balaban J connectivity index is 2.16. The molecule has 3 heterocycles. The lowest BCUT2D eigenvalue weighted by Gasteiger charge is -2.31. The van der Waals surface area contributed by atoms with Gasteiger partial charge in [0.15, 0.2) is 23.3 Å². The van der Waals surface area contributed by atoms with Gasteiger partial charge in [0, 0.05) is 0 Å². The molecule has 0 aliphatic carbocycles. The van der Waals surface area contributed by atoms with Gasteiger partial charge in [-0.15, -0.1) is 0 Å². The zero-order valence-electron chi connectivity index (χ0n) is 20.2. The molecule has 2 aromatic rings. The molecule has 0 fully saturated rings. The minimum absolute atomic E-state index is 1.52. The summed E-state index contributed by atoms with van der Waals surface area (Å²) in [6.07, 6.45) is -28.4. The van der Waals surface area contributed by atoms with Crippen LogP contribution in [0.3, 0.4) is 0 Å². The number of rotatable bonds is 2. The summed E-state index contributed by atoms with van der Waals surface area (Å²) in [5.74, 6) is -20.5. The van der Waals surface area contributed by atoms with Gasteiger partial charge in [0.05, 0.1) is 11.1 Å². The van der Waals surface area contributed by atoms with Crippen LogP contribution in [0.25, 0.3) is 0 Å². The number of ether oxygens (including phenoxy) is 4. The van der Waals surface area contributed by atoms with Gasteiger partial charge >= 0.3 is 36.0 Å². The Hall–Kier alpha value is -3.76. The fourth-order valence-corrected chi connectivity index (χ4v) is 3.43. The van der Waals surface area contributed by atoms with E-state index in [1.54, 1.807) is 0 Å². The average Bonchev–Trinajstić information content (AvgIpc) is 2.85. The molecular weight excluding hydrogens is 674 g/mol. The number of fused-ring (bicyclic) bond motifs is 4. The van der Waals surface area contributed by atoms with Crippen LogP contribution in [0.4, 0.5) is 79.0 Å². The lowest BCUT2D eigenvalue weighted by Crippen LogP contribution is -2.51. The van der Waals surface area contributed by atoms with E-state index in [4.69, 9.17) is 0 Å². The van der Waals surface area contributed by atoms with Crippen molar-refractivity contribution in [1.29, 1.82) is 0 Å². The standard InChI is InChI=1S/C20H8F18N2O4/c21-7-5(15(25,17(27,28)29)18(30,31)32)9(23)13-39-11(7)41-1-2-42-12-8(22)6(10(24)14(40-12)44-4-3-43-13)16(26,19(33,34)35)20(36,37)38/h1-4H2. The van der Waals surface area contributed by atoms with Gasteiger partial charge in [-0.2, -0.15) is 62.7 Å². The van der Waals surface area contributed by atoms with Crippen molar-refractivity contribution in [2.75, 3.05) is 26.4 Å². The Labute approximate surface area is 229 Å². The summed E-state index contributed by atoms with van der Waals surface area (Å²) in [5, 5.41) is 0. The van der Waals surface area contributed by atoms with Crippen molar-refractivity contribution in [3.8, 4) is 23.5 Å². The molecule has 1 aliphatic rings. The molecule has 0 amide bonds. The van der Waals surface area contributed by atoms with Crippen LogP contribution >= 0.6 is 0 Å². The van der Waals surface area contributed by atoms with E-state index in [-0.39, 0.29) is 0 Å². The van der Waals surface area contributed by atoms with E-state index in [1.165, 1.54) is 0 Å². The fraction of sp³-hybridized carbons (Fsp3) is 0.500. The molecule has 0 saturated heterocycles. The lowest BCUT2D eigenvalue weighted by atomic mass is 9.93. The second-order valence-electron chi connectivity index (χ2n) is 8.15. The maximum absolute atomic E-state index is 14.7. The first kappa shape index (κ1) is 34.7. The van der Waals surface area contributed by atoms with Gasteiger partial charge < -0.3 is 18.9 Å². The molecule has 24 heteroatoms. The predicted molar refractivity (Wildman–Crippen MR) is 100 cm³/mol. The van der Waals surface area contributed by atoms with E-state index in [0.717, 1.165) is 0 Å². The molecule has 0 N–H and O–H groups in total. The quantitative estimate of drug-likeness (QED) is 0.324. The Bertz CT molecular complexity index is 1210. The monoisotopic (exact) mass is 682 g/mol. The molecule has 0 aromatic carbocycles. The molecule has 0 saturated carbocycles. The Morgan fingerprint density at radius 1 is 0.364 bits per heavy atom. The number of nitrogens with zero attached hydrogens (tertiary/aromatic N) is 2. The molecule has 0 atom stereocenters. The number of aromatic nitrogens is 2. The lowest BCUT2D eigenvalue weighted by molar-refractivity contribution is -0.351. The molecular formula is C20H8F18N2O4. The first-order valence-corrected chi connectivity index (χ1v) is 10.8. The summed E-state index contributed by atoms with van der Waals surface area (Å²) < 4.78 is 264. The minimum Gasteiger partial charge on any atom is -0.472 e. The highest BCUT2D eigenvalue weighted by Gasteiger charge is 2.77. The number of hydrogen-bond donors (Lipinski definition) is 0. The Morgan fingerprint density at radius 2 is 0.545 bits per heavy atom. The van der Waals surface area contributed by atoms with Gasteiger partial charge in [-0.25, -0.2) is 26.3 Å². The zero-order valence-corrected chi connectivity index (χ0v) is 20.2. The van der Waals surface area contributed by atoms with Crippen LogP contribution in [0.5, 0.6) is 23.5 Å². The highest BCUT2D eigenvalue weighted by Crippen LogP contribution is 2.57. The number of alkyl halides is 14. The van der Waals surface area contributed by atoms with Crippen molar-refractivity contribution in [3.05, 3.63) is 34.4 Å². The first-order valence-electron chi connectivity index (χ1n) is 10.8. The van der Waals surface area contributed by atoms with Crippen LogP contribution in [0, 0.1) is 23.3 Å². The van der Waals surface area contributed by atoms with Crippen LogP contribution in [0.15, 0.2) is 0 Å². The van der Waals surface area contributed by atoms with E-state index in [9.17, 15) is 79.0 Å². The number of hydrogen-bond acceptors (Lipinski definition) is 6. The van der Waals surface area contributed by atoms with Crippen LogP contribution in [0.2, 0.25) is 0 Å². The third-order valence-electron chi connectivity index (χ3n) is 5.41. The average molecular weight is 682 g/mol. The third kappa shape index (κ3) is 5.49. The molecule has 6 nitrogen and oxygen atoms in total. The van der Waals surface area contributed by atoms with E-state index in [2.05, 4.69) is 28.9 Å². The number of halogens is 18. The van der Waals surface area contributed by atoms with Gasteiger partial charge in [0.2, 0.25) is 0 Å². The third-order valence-corrected chi connectivity index (χ3v) is 5.41. The van der Waals surface area contributed by atoms with Crippen molar-refractivity contribution < 1.29 is 98.0 Å². The topological polar surface area (TPSA) is 62.7 Å². The molecule has 0 spiro atoms. The molecule has 2 aromatic heterocycles. The summed E-state index contributed by atoms with van der Waals surface area (Å²) >= 11 is 0. The normalized spacial score (nSPS) is 15.9. The number of pyridine rings is 2. The summed E-state index contributed by atoms with van der Waals surface area (Å²) in [4.78, 5) is 5.58. The predicted octanol–water partition coefficient (Wildman–Crippen LogP) is 6.84. The van der Waals surface area contributed by atoms with Gasteiger partial charge in [-0.1, -0.05) is 0 Å². The summed E-state index contributed by atoms with van der Waals surface area (Å²) in [7, 11) is 0. The highest BCUT2D eigenvalue weighted by atomic mass is 19.4. The molecule has 0 unspecified atom stereocenters. The highest BCUT2D eigenvalue weighted by molar-refractivity contribution is 5.40. The summed E-state index contributed by atoms with van der Waals surface area (Å²) in [6.45, 7) is -6.08. The van der Waals surface area contributed by atoms with Crippen molar-refractivity contribution >= 4 is 0 Å². The van der Waals surface area contributed by atoms with E-state index in [1.807, 2.05) is 0 Å². The molecule has 4 bridgehead atoms. The fourth-order valence-electron chi connectivity index (χ4n) is 3.43. The van der Waals surface area contributed by atoms with Gasteiger partial charge in [0.25, 0.3) is 23.5 Å². The van der Waals surface area contributed by atoms with Gasteiger partial charge in [-0.3, -0.25) is 0 Å². The Kier molecular flexibility index (Phi) is 8.68. The smallest absolute Gasteiger partial charge is 0.436 e. The van der Waals surface area contributed by atoms with E-state index < -0.39 is 120 Å². The van der Waals surface area contributed by atoms with Gasteiger partial charge in [0.1, 0.15) is 26.4 Å². The van der Waals surface area contributed by atoms with Crippen LogP contribution in [0.1, 0.15) is 11.1 Å². The molecule has 44 heavy (non-hydrogen) atoms. The minimum atomic E-state index is -7.09. The van der Waals surface area contributed by atoms with Crippen molar-refractivity contribution in [1.82, 2.24) is 9.97 Å². The van der Waals surface area contributed by atoms with E-state index >= 15 is 0 Å². The maximum atomic E-state index is 14.7. The first-order chi connectivity index (χ1) is 19.8. The molecule has 248 valence electrons. The van der Waals surface area contributed by atoms with Crippen molar-refractivity contribution in [2.24, 2.45) is 0 Å². The summed E-state index contributed by atoms with van der Waals surface area (Å²) in [5.41, 5.74) is -20.3. The van der Waals surface area contributed by atoms with Crippen LogP contribution < -0.4 is 18.9 Å².